The molecule has 0 aromatic carbocycles. The maximum atomic E-state index is 11.9. The van der Waals surface area contributed by atoms with Crippen LogP contribution in [-0.2, 0) is 6.42 Å². The summed E-state index contributed by atoms with van der Waals surface area (Å²) in [6.07, 6.45) is 4.54. The molecule has 3 aromatic heterocycles. The highest BCUT2D eigenvalue weighted by Gasteiger charge is 2.21. The minimum absolute atomic E-state index is 0.117. The first kappa shape index (κ1) is 22.7. The molecule has 0 spiro atoms. The molecule has 0 unspecified atom stereocenters. The van der Waals surface area contributed by atoms with Crippen LogP contribution in [0.3, 0.4) is 0 Å². The summed E-state index contributed by atoms with van der Waals surface area (Å²) in [4.78, 5) is 28.0. The monoisotopic (exact) mass is 447 g/mol. The van der Waals surface area contributed by atoms with Crippen molar-refractivity contribution in [3.63, 3.8) is 0 Å². The molecular formula is C21H29N5O2S2. The SMILES string of the molecule is Cc1cnc(CCCSc2nc(N(O)[C@H](C)CC(C)C)c3sc(=O)[nH]c3n2)c(C)c1. The van der Waals surface area contributed by atoms with Crippen LogP contribution in [-0.4, -0.2) is 36.9 Å². The highest BCUT2D eigenvalue weighted by atomic mass is 32.2. The number of hydrogen-bond donors (Lipinski definition) is 2. The lowest BCUT2D eigenvalue weighted by Gasteiger charge is -2.25. The van der Waals surface area contributed by atoms with Crippen molar-refractivity contribution in [3.05, 3.63) is 38.8 Å². The first-order chi connectivity index (χ1) is 14.2. The number of nitrogens with zero attached hydrogens (tertiary/aromatic N) is 4. The van der Waals surface area contributed by atoms with Crippen molar-refractivity contribution in [2.75, 3.05) is 10.8 Å². The van der Waals surface area contributed by atoms with Crippen LogP contribution in [0, 0.1) is 19.8 Å². The second-order valence-corrected chi connectivity index (χ2v) is 10.1. The van der Waals surface area contributed by atoms with E-state index >= 15 is 0 Å². The van der Waals surface area contributed by atoms with Crippen molar-refractivity contribution in [1.82, 2.24) is 19.9 Å². The normalized spacial score (nSPS) is 12.6. The molecule has 0 bridgehead atoms. The first-order valence-electron chi connectivity index (χ1n) is 10.2. The van der Waals surface area contributed by atoms with Gasteiger partial charge in [-0.3, -0.25) is 20.0 Å². The van der Waals surface area contributed by atoms with Crippen LogP contribution in [0.25, 0.3) is 10.3 Å². The van der Waals surface area contributed by atoms with Gasteiger partial charge < -0.3 is 0 Å². The minimum Gasteiger partial charge on any atom is -0.297 e. The van der Waals surface area contributed by atoms with E-state index in [2.05, 4.69) is 46.8 Å². The molecule has 0 aliphatic rings. The Morgan fingerprint density at radius 3 is 2.73 bits per heavy atom. The molecule has 3 heterocycles. The number of hydrogen-bond acceptors (Lipinski definition) is 8. The van der Waals surface area contributed by atoms with Gasteiger partial charge in [0, 0.05) is 17.6 Å². The zero-order valence-corrected chi connectivity index (χ0v) is 19.7. The van der Waals surface area contributed by atoms with E-state index in [1.807, 2.05) is 20.0 Å². The van der Waals surface area contributed by atoms with Crippen molar-refractivity contribution < 1.29 is 5.21 Å². The molecule has 30 heavy (non-hydrogen) atoms. The number of aromatic nitrogens is 4. The fourth-order valence-electron chi connectivity index (χ4n) is 3.43. The Hall–Kier alpha value is -1.97. The van der Waals surface area contributed by atoms with Crippen molar-refractivity contribution in [2.24, 2.45) is 5.92 Å². The Balaban J connectivity index is 1.73. The third-order valence-electron chi connectivity index (χ3n) is 4.80. The van der Waals surface area contributed by atoms with Gasteiger partial charge in [0.05, 0.1) is 6.04 Å². The van der Waals surface area contributed by atoms with Crippen LogP contribution in [0.1, 0.15) is 50.4 Å². The number of aryl methyl sites for hydroxylation is 3. The molecular weight excluding hydrogens is 418 g/mol. The fourth-order valence-corrected chi connectivity index (χ4v) is 4.97. The average Bonchev–Trinajstić information content (AvgIpc) is 3.04. The van der Waals surface area contributed by atoms with Gasteiger partial charge in [-0.25, -0.2) is 15.0 Å². The topological polar surface area (TPSA) is 95.0 Å². The maximum Gasteiger partial charge on any atom is 0.306 e. The quantitative estimate of drug-likeness (QED) is 0.212. The summed E-state index contributed by atoms with van der Waals surface area (Å²) in [7, 11) is 0. The van der Waals surface area contributed by atoms with E-state index in [0.717, 1.165) is 42.0 Å². The number of H-pyrrole nitrogens is 1. The van der Waals surface area contributed by atoms with Crippen molar-refractivity contribution in [3.8, 4) is 0 Å². The molecule has 3 rings (SSSR count). The molecule has 2 N–H and O–H groups in total. The van der Waals surface area contributed by atoms with Gasteiger partial charge in [0.15, 0.2) is 16.6 Å². The maximum absolute atomic E-state index is 11.9. The lowest BCUT2D eigenvalue weighted by molar-refractivity contribution is 0.206. The summed E-state index contributed by atoms with van der Waals surface area (Å²) >= 11 is 2.55. The highest BCUT2D eigenvalue weighted by molar-refractivity contribution is 7.99. The first-order valence-corrected chi connectivity index (χ1v) is 12.0. The van der Waals surface area contributed by atoms with Crippen molar-refractivity contribution in [1.29, 1.82) is 0 Å². The van der Waals surface area contributed by atoms with Gasteiger partial charge in [-0.05, 0) is 57.1 Å². The summed E-state index contributed by atoms with van der Waals surface area (Å²) in [6, 6.07) is 2.04. The van der Waals surface area contributed by atoms with E-state index < -0.39 is 0 Å². The Bertz CT molecular complexity index is 1060. The summed E-state index contributed by atoms with van der Waals surface area (Å²) < 4.78 is 0.585. The zero-order chi connectivity index (χ0) is 21.8. The van der Waals surface area contributed by atoms with Gasteiger partial charge in [0.2, 0.25) is 0 Å². The molecule has 0 aliphatic carbocycles. The Labute approximate surface area is 184 Å². The summed E-state index contributed by atoms with van der Waals surface area (Å²) in [6.45, 7) is 10.3. The van der Waals surface area contributed by atoms with E-state index in [4.69, 9.17) is 0 Å². The number of anilines is 1. The van der Waals surface area contributed by atoms with E-state index in [9.17, 15) is 10.0 Å². The van der Waals surface area contributed by atoms with E-state index in [1.54, 1.807) is 0 Å². The standard InChI is InChI=1S/C21H29N5O2S2/c1-12(2)9-15(5)26(28)19-17-18(24-21(27)30-17)23-20(25-19)29-8-6-7-16-14(4)10-13(3)11-22-16/h10-12,15,28H,6-9H2,1-5H3,(H,23,24,25,27)/t15-/m1/s1. The van der Waals surface area contributed by atoms with E-state index in [0.29, 0.717) is 27.2 Å². The van der Waals surface area contributed by atoms with Crippen LogP contribution >= 0.6 is 23.1 Å². The van der Waals surface area contributed by atoms with Crippen molar-refractivity contribution in [2.45, 2.75) is 65.1 Å². The Morgan fingerprint density at radius 1 is 1.27 bits per heavy atom. The Morgan fingerprint density at radius 2 is 2.03 bits per heavy atom. The number of rotatable bonds is 9. The van der Waals surface area contributed by atoms with E-state index in [-0.39, 0.29) is 10.9 Å². The largest absolute Gasteiger partial charge is 0.306 e. The van der Waals surface area contributed by atoms with Crippen LogP contribution in [0.15, 0.2) is 22.2 Å². The zero-order valence-electron chi connectivity index (χ0n) is 18.1. The van der Waals surface area contributed by atoms with E-state index in [1.165, 1.54) is 28.0 Å². The Kier molecular flexibility index (Phi) is 7.49. The number of nitrogens with one attached hydrogen (secondary N) is 1. The summed E-state index contributed by atoms with van der Waals surface area (Å²) in [5.41, 5.74) is 3.98. The van der Waals surface area contributed by atoms with Gasteiger partial charge in [-0.15, -0.1) is 0 Å². The van der Waals surface area contributed by atoms with Crippen LogP contribution in [0.2, 0.25) is 0 Å². The molecule has 162 valence electrons. The fraction of sp³-hybridized carbons (Fsp3) is 0.524. The molecule has 9 heteroatoms. The number of fused-ring (bicyclic) bond motifs is 1. The average molecular weight is 448 g/mol. The number of hydroxylamine groups is 1. The molecule has 0 saturated heterocycles. The second kappa shape index (κ2) is 9.89. The van der Waals surface area contributed by atoms with Crippen LogP contribution < -0.4 is 9.94 Å². The van der Waals surface area contributed by atoms with Crippen LogP contribution in [0.4, 0.5) is 5.82 Å². The van der Waals surface area contributed by atoms with Gasteiger partial charge in [-0.2, -0.15) is 0 Å². The molecule has 0 radical (unpaired) electrons. The molecule has 0 aliphatic heterocycles. The number of thiazole rings is 1. The summed E-state index contributed by atoms with van der Waals surface area (Å²) in [5, 5.41) is 12.5. The van der Waals surface area contributed by atoms with Gasteiger partial charge >= 0.3 is 4.87 Å². The van der Waals surface area contributed by atoms with Crippen LogP contribution in [0.5, 0.6) is 0 Å². The summed E-state index contributed by atoms with van der Waals surface area (Å²) in [5.74, 6) is 1.65. The molecule has 0 fully saturated rings. The number of pyridine rings is 1. The third-order valence-corrected chi connectivity index (χ3v) is 6.60. The lowest BCUT2D eigenvalue weighted by atomic mass is 10.1. The molecule has 0 amide bonds. The molecule has 3 aromatic rings. The van der Waals surface area contributed by atoms with Gasteiger partial charge in [0.1, 0.15) is 4.70 Å². The second-order valence-electron chi connectivity index (χ2n) is 8.07. The number of thioether (sulfide) groups is 1. The smallest absolute Gasteiger partial charge is 0.297 e. The molecule has 7 nitrogen and oxygen atoms in total. The molecule has 1 atom stereocenters. The highest BCUT2D eigenvalue weighted by Crippen LogP contribution is 2.29. The van der Waals surface area contributed by atoms with Gasteiger partial charge in [0.25, 0.3) is 0 Å². The molecule has 0 saturated carbocycles. The number of aromatic amines is 1. The predicted molar refractivity (Wildman–Crippen MR) is 124 cm³/mol. The third kappa shape index (κ3) is 5.59. The van der Waals surface area contributed by atoms with Crippen molar-refractivity contribution >= 4 is 39.3 Å². The minimum atomic E-state index is -0.200. The predicted octanol–water partition coefficient (Wildman–Crippen LogP) is 4.75. The van der Waals surface area contributed by atoms with Gasteiger partial charge in [-0.1, -0.05) is 43.0 Å². The lowest BCUT2D eigenvalue weighted by Crippen LogP contribution is -2.31.